The molecule has 5 atom stereocenters. The largest absolute Gasteiger partial charge is 0.469 e. The Kier molecular flexibility index (Phi) is 17.6. The van der Waals surface area contributed by atoms with Crippen molar-refractivity contribution in [2.24, 2.45) is 0 Å². The van der Waals surface area contributed by atoms with E-state index < -0.39 is 48.6 Å². The van der Waals surface area contributed by atoms with Crippen LogP contribution in [-0.2, 0) is 47.6 Å². The van der Waals surface area contributed by atoms with E-state index in [0.29, 0.717) is 13.0 Å². The Morgan fingerprint density at radius 1 is 0.605 bits per heavy atom. The molecule has 10 nitrogen and oxygen atoms in total. The average Bonchev–Trinajstić information content (AvgIpc) is 2.84. The lowest BCUT2D eigenvalue weighted by Crippen LogP contribution is -2.61. The predicted octanol–water partition coefficient (Wildman–Crippen LogP) is 4.79. The maximum atomic E-state index is 11.7. The van der Waals surface area contributed by atoms with Gasteiger partial charge < -0.3 is 28.4 Å². The molecule has 0 aromatic rings. The van der Waals surface area contributed by atoms with Gasteiger partial charge in [-0.15, -0.1) is 0 Å². The molecule has 1 aliphatic rings. The highest BCUT2D eigenvalue weighted by Crippen LogP contribution is 2.29. The van der Waals surface area contributed by atoms with Crippen LogP contribution in [0.4, 0.5) is 0 Å². The van der Waals surface area contributed by atoms with Gasteiger partial charge >= 0.3 is 23.9 Å². The van der Waals surface area contributed by atoms with Gasteiger partial charge in [-0.25, -0.2) is 0 Å². The summed E-state index contributed by atoms with van der Waals surface area (Å²) in [7, 11) is 1.43. The van der Waals surface area contributed by atoms with Crippen LogP contribution in [0.2, 0.25) is 0 Å². The Morgan fingerprint density at radius 3 is 1.50 bits per heavy atom. The van der Waals surface area contributed by atoms with Crippen LogP contribution in [0.5, 0.6) is 0 Å². The van der Waals surface area contributed by atoms with E-state index in [0.717, 1.165) is 32.1 Å². The molecule has 10 heteroatoms. The second-order valence-corrected chi connectivity index (χ2v) is 9.87. The Labute approximate surface area is 227 Å². The zero-order valence-electron chi connectivity index (χ0n) is 23.9. The molecular formula is C28H48O10. The van der Waals surface area contributed by atoms with E-state index >= 15 is 0 Å². The van der Waals surface area contributed by atoms with Crippen molar-refractivity contribution >= 4 is 23.9 Å². The monoisotopic (exact) mass is 544 g/mol. The molecule has 1 saturated heterocycles. The molecule has 0 unspecified atom stereocenters. The van der Waals surface area contributed by atoms with E-state index in [1.807, 2.05) is 0 Å². The van der Waals surface area contributed by atoms with Crippen molar-refractivity contribution in [1.29, 1.82) is 0 Å². The number of methoxy groups -OCH3 is 1. The van der Waals surface area contributed by atoms with Crippen LogP contribution in [0, 0.1) is 0 Å². The van der Waals surface area contributed by atoms with Gasteiger partial charge in [0.15, 0.2) is 24.6 Å². The lowest BCUT2D eigenvalue weighted by atomic mass is 9.99. The molecule has 0 aromatic carbocycles. The highest BCUT2D eigenvalue weighted by atomic mass is 16.7. The molecule has 1 heterocycles. The zero-order chi connectivity index (χ0) is 28.3. The molecule has 0 amide bonds. The smallest absolute Gasteiger partial charge is 0.305 e. The van der Waals surface area contributed by atoms with Crippen molar-refractivity contribution in [2.45, 2.75) is 142 Å². The van der Waals surface area contributed by atoms with Crippen LogP contribution in [-0.4, -0.2) is 68.3 Å². The Bertz CT molecular complexity index is 710. The molecule has 0 aromatic heterocycles. The number of rotatable bonds is 19. The zero-order valence-corrected chi connectivity index (χ0v) is 23.9. The first-order valence-electron chi connectivity index (χ1n) is 14.0. The summed E-state index contributed by atoms with van der Waals surface area (Å²) in [4.78, 5) is 46.1. The van der Waals surface area contributed by atoms with E-state index in [2.05, 4.69) is 4.74 Å². The van der Waals surface area contributed by atoms with Crippen LogP contribution in [0.3, 0.4) is 0 Å². The SMILES string of the molecule is COC(=O)CCCCCCCCCCCCCCO[C@@H]1O[C@@H](C)[C@H](OC(C)=O)[C@@H](OC(C)=O)[C@H]1OC(C)=O. The van der Waals surface area contributed by atoms with Crippen molar-refractivity contribution in [1.82, 2.24) is 0 Å². The molecular weight excluding hydrogens is 496 g/mol. The quantitative estimate of drug-likeness (QED) is 0.127. The lowest BCUT2D eigenvalue weighted by Gasteiger charge is -2.43. The molecule has 0 N–H and O–H groups in total. The second kappa shape index (κ2) is 19.8. The summed E-state index contributed by atoms with van der Waals surface area (Å²) >= 11 is 0. The molecule has 0 saturated carbocycles. The summed E-state index contributed by atoms with van der Waals surface area (Å²) in [6, 6.07) is 0. The molecule has 1 rings (SSSR count). The lowest BCUT2D eigenvalue weighted by molar-refractivity contribution is -0.300. The second-order valence-electron chi connectivity index (χ2n) is 9.87. The topological polar surface area (TPSA) is 124 Å². The van der Waals surface area contributed by atoms with Gasteiger partial charge in [-0.05, 0) is 19.8 Å². The molecule has 38 heavy (non-hydrogen) atoms. The fourth-order valence-corrected chi connectivity index (χ4v) is 4.54. The maximum absolute atomic E-state index is 11.7. The van der Waals surface area contributed by atoms with Gasteiger partial charge in [0.1, 0.15) is 0 Å². The highest BCUT2D eigenvalue weighted by molar-refractivity contribution is 5.69. The molecule has 1 aliphatic heterocycles. The van der Waals surface area contributed by atoms with Gasteiger partial charge in [-0.2, -0.15) is 0 Å². The third kappa shape index (κ3) is 14.7. The maximum Gasteiger partial charge on any atom is 0.305 e. The number of carbonyl (C=O) groups is 4. The van der Waals surface area contributed by atoms with E-state index in [9.17, 15) is 19.2 Å². The molecule has 220 valence electrons. The van der Waals surface area contributed by atoms with Crippen molar-refractivity contribution < 1.29 is 47.6 Å². The summed E-state index contributed by atoms with van der Waals surface area (Å²) in [6.45, 7) is 5.82. The first-order chi connectivity index (χ1) is 18.1. The Morgan fingerprint density at radius 2 is 1.03 bits per heavy atom. The fraction of sp³-hybridized carbons (Fsp3) is 0.857. The number of carbonyl (C=O) groups excluding carboxylic acids is 4. The summed E-state index contributed by atoms with van der Waals surface area (Å²) in [6.07, 6.45) is 9.36. The van der Waals surface area contributed by atoms with Crippen molar-refractivity contribution in [3.05, 3.63) is 0 Å². The first kappa shape index (κ1) is 33.8. The van der Waals surface area contributed by atoms with Gasteiger partial charge in [0, 0.05) is 33.8 Å². The molecule has 0 aliphatic carbocycles. The number of hydrogen-bond acceptors (Lipinski definition) is 10. The van der Waals surface area contributed by atoms with Crippen molar-refractivity contribution in [2.75, 3.05) is 13.7 Å². The van der Waals surface area contributed by atoms with Crippen molar-refractivity contribution in [3.8, 4) is 0 Å². The third-order valence-electron chi connectivity index (χ3n) is 6.42. The van der Waals surface area contributed by atoms with Gasteiger partial charge in [0.25, 0.3) is 0 Å². The van der Waals surface area contributed by atoms with E-state index in [4.69, 9.17) is 23.7 Å². The summed E-state index contributed by atoms with van der Waals surface area (Å²) in [5.41, 5.74) is 0. The van der Waals surface area contributed by atoms with E-state index in [1.54, 1.807) is 6.92 Å². The molecule has 0 bridgehead atoms. The highest BCUT2D eigenvalue weighted by Gasteiger charge is 2.50. The van der Waals surface area contributed by atoms with Gasteiger partial charge in [-0.3, -0.25) is 19.2 Å². The minimum absolute atomic E-state index is 0.123. The van der Waals surface area contributed by atoms with Gasteiger partial charge in [0.05, 0.1) is 13.2 Å². The van der Waals surface area contributed by atoms with Crippen LogP contribution in [0.25, 0.3) is 0 Å². The van der Waals surface area contributed by atoms with E-state index in [1.165, 1.54) is 72.8 Å². The summed E-state index contributed by atoms with van der Waals surface area (Å²) in [5, 5.41) is 0. The van der Waals surface area contributed by atoms with Crippen LogP contribution in [0.15, 0.2) is 0 Å². The van der Waals surface area contributed by atoms with Gasteiger partial charge in [-0.1, -0.05) is 64.2 Å². The molecule has 1 fully saturated rings. The Hall–Kier alpha value is -2.20. The number of unbranched alkanes of at least 4 members (excludes halogenated alkanes) is 11. The summed E-state index contributed by atoms with van der Waals surface area (Å²) < 4.78 is 32.5. The number of ether oxygens (including phenoxy) is 6. The third-order valence-corrected chi connectivity index (χ3v) is 6.42. The number of esters is 4. The number of hydrogen-bond donors (Lipinski definition) is 0. The van der Waals surface area contributed by atoms with Crippen LogP contribution < -0.4 is 0 Å². The van der Waals surface area contributed by atoms with E-state index in [-0.39, 0.29) is 5.97 Å². The van der Waals surface area contributed by atoms with Crippen molar-refractivity contribution in [3.63, 3.8) is 0 Å². The predicted molar refractivity (Wildman–Crippen MR) is 139 cm³/mol. The van der Waals surface area contributed by atoms with Crippen LogP contribution >= 0.6 is 0 Å². The average molecular weight is 545 g/mol. The minimum atomic E-state index is -1.05. The Balaban J connectivity index is 2.27. The molecule has 0 spiro atoms. The standard InChI is InChI=1S/C28H48O10/c1-20-25(36-21(2)29)26(37-22(3)30)27(38-23(4)31)28(35-20)34-19-17-15-13-11-9-7-6-8-10-12-14-16-18-24(32)33-5/h20,25-28H,6-19H2,1-5H3/t20-,25-,26+,27+,28+/m0/s1. The fourth-order valence-electron chi connectivity index (χ4n) is 4.54. The van der Waals surface area contributed by atoms with Gasteiger partial charge in [0.2, 0.25) is 0 Å². The first-order valence-corrected chi connectivity index (χ1v) is 14.0. The normalized spacial score (nSPS) is 22.9. The van der Waals surface area contributed by atoms with Crippen LogP contribution in [0.1, 0.15) is 111 Å². The summed E-state index contributed by atoms with van der Waals surface area (Å²) in [5.74, 6) is -1.86. The molecule has 0 radical (unpaired) electrons. The minimum Gasteiger partial charge on any atom is -0.469 e.